The maximum absolute atomic E-state index is 10.6. The quantitative estimate of drug-likeness (QED) is 0.551. The first kappa shape index (κ1) is 21.2. The third-order valence-corrected chi connectivity index (χ3v) is 5.64. The van der Waals surface area contributed by atoms with Gasteiger partial charge in [0.25, 0.3) is 0 Å². The van der Waals surface area contributed by atoms with Gasteiger partial charge in [0.2, 0.25) is 0 Å². The molecule has 0 saturated heterocycles. The van der Waals surface area contributed by atoms with E-state index in [1.807, 2.05) is 24.3 Å². The van der Waals surface area contributed by atoms with Gasteiger partial charge >= 0.3 is 5.97 Å². The van der Waals surface area contributed by atoms with Crippen molar-refractivity contribution in [2.75, 3.05) is 6.61 Å². The van der Waals surface area contributed by atoms with Crippen LogP contribution < -0.4 is 4.74 Å². The first-order chi connectivity index (χ1) is 14.1. The number of rotatable bonds is 8. The Morgan fingerprint density at radius 2 is 1.76 bits per heavy atom. The topological polar surface area (TPSA) is 46.5 Å². The molecule has 3 rings (SSSR count). The van der Waals surface area contributed by atoms with Crippen LogP contribution in [0.25, 0.3) is 5.57 Å². The SMILES string of the molecule is Cc1cccc(C2=C(COc3ccc(CCCC(=O)O)cc3)CCCCCC2)c1. The zero-order chi connectivity index (χ0) is 20.5. The van der Waals surface area contributed by atoms with Crippen LogP contribution in [-0.4, -0.2) is 17.7 Å². The van der Waals surface area contributed by atoms with E-state index in [0.717, 1.165) is 30.6 Å². The summed E-state index contributed by atoms with van der Waals surface area (Å²) in [5.74, 6) is 0.145. The largest absolute Gasteiger partial charge is 0.489 e. The molecule has 2 aromatic rings. The van der Waals surface area contributed by atoms with Gasteiger partial charge in [-0.25, -0.2) is 0 Å². The lowest BCUT2D eigenvalue weighted by molar-refractivity contribution is -0.137. The number of ether oxygens (including phenoxy) is 1. The van der Waals surface area contributed by atoms with E-state index < -0.39 is 5.97 Å². The van der Waals surface area contributed by atoms with Gasteiger partial charge in [-0.3, -0.25) is 4.79 Å². The summed E-state index contributed by atoms with van der Waals surface area (Å²) >= 11 is 0. The molecule has 0 radical (unpaired) electrons. The second-order valence-corrected chi connectivity index (χ2v) is 8.05. The number of carboxylic acid groups (broad SMARTS) is 1. The molecule has 1 N–H and O–H groups in total. The smallest absolute Gasteiger partial charge is 0.303 e. The normalized spacial score (nSPS) is 14.9. The van der Waals surface area contributed by atoms with E-state index in [-0.39, 0.29) is 6.42 Å². The molecule has 154 valence electrons. The average Bonchev–Trinajstić information content (AvgIpc) is 2.68. The summed E-state index contributed by atoms with van der Waals surface area (Å²) in [5.41, 5.74) is 6.71. The molecule has 0 heterocycles. The Labute approximate surface area is 174 Å². The van der Waals surface area contributed by atoms with Crippen molar-refractivity contribution in [3.8, 4) is 5.75 Å². The first-order valence-electron chi connectivity index (χ1n) is 10.8. The molecule has 1 aliphatic carbocycles. The van der Waals surface area contributed by atoms with Gasteiger partial charge in [0.05, 0.1) is 0 Å². The first-order valence-corrected chi connectivity index (χ1v) is 10.8. The van der Waals surface area contributed by atoms with Crippen molar-refractivity contribution >= 4 is 11.5 Å². The van der Waals surface area contributed by atoms with Crippen molar-refractivity contribution in [1.29, 1.82) is 0 Å². The molecule has 0 fully saturated rings. The molecule has 3 nitrogen and oxygen atoms in total. The van der Waals surface area contributed by atoms with E-state index in [9.17, 15) is 4.79 Å². The Bertz CT molecular complexity index is 833. The van der Waals surface area contributed by atoms with Crippen LogP contribution in [0.5, 0.6) is 5.75 Å². The number of benzene rings is 2. The highest BCUT2D eigenvalue weighted by Gasteiger charge is 2.13. The second kappa shape index (κ2) is 10.8. The van der Waals surface area contributed by atoms with Gasteiger partial charge in [0.15, 0.2) is 0 Å². The lowest BCUT2D eigenvalue weighted by Gasteiger charge is -2.20. The molecule has 0 bridgehead atoms. The van der Waals surface area contributed by atoms with Crippen LogP contribution in [0.15, 0.2) is 54.1 Å². The van der Waals surface area contributed by atoms with Crippen LogP contribution in [0.2, 0.25) is 0 Å². The summed E-state index contributed by atoms with van der Waals surface area (Å²) in [6.45, 7) is 2.79. The highest BCUT2D eigenvalue weighted by molar-refractivity contribution is 5.69. The van der Waals surface area contributed by atoms with E-state index >= 15 is 0 Å². The Morgan fingerprint density at radius 1 is 1.00 bits per heavy atom. The van der Waals surface area contributed by atoms with Gasteiger partial charge in [-0.05, 0) is 79.9 Å². The van der Waals surface area contributed by atoms with Gasteiger partial charge in [-0.2, -0.15) is 0 Å². The molecule has 0 aromatic heterocycles. The minimum atomic E-state index is -0.734. The van der Waals surface area contributed by atoms with Crippen LogP contribution in [0.3, 0.4) is 0 Å². The number of aliphatic carboxylic acids is 1. The maximum Gasteiger partial charge on any atom is 0.303 e. The Hall–Kier alpha value is -2.55. The summed E-state index contributed by atoms with van der Waals surface area (Å²) in [7, 11) is 0. The van der Waals surface area contributed by atoms with Crippen LogP contribution >= 0.6 is 0 Å². The zero-order valence-corrected chi connectivity index (χ0v) is 17.5. The molecular weight excluding hydrogens is 360 g/mol. The number of carbonyl (C=O) groups is 1. The van der Waals surface area contributed by atoms with E-state index in [0.29, 0.717) is 13.0 Å². The van der Waals surface area contributed by atoms with Crippen molar-refractivity contribution in [2.24, 2.45) is 0 Å². The number of aryl methyl sites for hydroxylation is 2. The summed E-state index contributed by atoms with van der Waals surface area (Å²) in [4.78, 5) is 10.6. The number of hydrogen-bond donors (Lipinski definition) is 1. The maximum atomic E-state index is 10.6. The lowest BCUT2D eigenvalue weighted by atomic mass is 9.89. The fourth-order valence-corrected chi connectivity index (χ4v) is 4.03. The number of hydrogen-bond acceptors (Lipinski definition) is 2. The van der Waals surface area contributed by atoms with Gasteiger partial charge < -0.3 is 9.84 Å². The minimum Gasteiger partial charge on any atom is -0.489 e. The zero-order valence-electron chi connectivity index (χ0n) is 17.5. The molecule has 0 amide bonds. The predicted molar refractivity (Wildman–Crippen MR) is 118 cm³/mol. The second-order valence-electron chi connectivity index (χ2n) is 8.05. The number of carboxylic acids is 1. The summed E-state index contributed by atoms with van der Waals surface area (Å²) in [5, 5.41) is 8.76. The van der Waals surface area contributed by atoms with Crippen molar-refractivity contribution in [2.45, 2.75) is 64.7 Å². The van der Waals surface area contributed by atoms with Crippen LogP contribution in [0, 0.1) is 6.92 Å². The van der Waals surface area contributed by atoms with Gasteiger partial charge in [-0.1, -0.05) is 54.8 Å². The summed E-state index contributed by atoms with van der Waals surface area (Å²) in [6.07, 6.45) is 9.00. The fraction of sp³-hybridized carbons (Fsp3) is 0.423. The van der Waals surface area contributed by atoms with Gasteiger partial charge in [0.1, 0.15) is 12.4 Å². The summed E-state index contributed by atoms with van der Waals surface area (Å²) in [6, 6.07) is 16.9. The van der Waals surface area contributed by atoms with Crippen LogP contribution in [-0.2, 0) is 11.2 Å². The Balaban J connectivity index is 1.68. The van der Waals surface area contributed by atoms with Gasteiger partial charge in [-0.15, -0.1) is 0 Å². The third kappa shape index (κ3) is 6.77. The van der Waals surface area contributed by atoms with Crippen molar-refractivity contribution in [1.82, 2.24) is 0 Å². The Morgan fingerprint density at radius 3 is 2.48 bits per heavy atom. The molecule has 0 unspecified atom stereocenters. The molecule has 2 aromatic carbocycles. The molecule has 1 aliphatic rings. The van der Waals surface area contributed by atoms with Crippen molar-refractivity contribution in [3.63, 3.8) is 0 Å². The predicted octanol–water partition coefficient (Wildman–Crippen LogP) is 6.59. The minimum absolute atomic E-state index is 0.216. The molecule has 0 spiro atoms. The monoisotopic (exact) mass is 392 g/mol. The highest BCUT2D eigenvalue weighted by atomic mass is 16.5. The Kier molecular flexibility index (Phi) is 7.92. The van der Waals surface area contributed by atoms with Crippen LogP contribution in [0.1, 0.15) is 68.1 Å². The molecule has 29 heavy (non-hydrogen) atoms. The molecule has 0 saturated carbocycles. The van der Waals surface area contributed by atoms with Crippen molar-refractivity contribution < 1.29 is 14.6 Å². The molecular formula is C26H32O3. The van der Waals surface area contributed by atoms with E-state index in [1.165, 1.54) is 48.0 Å². The molecule has 3 heteroatoms. The summed E-state index contributed by atoms with van der Waals surface area (Å²) < 4.78 is 6.17. The average molecular weight is 393 g/mol. The van der Waals surface area contributed by atoms with Gasteiger partial charge in [0, 0.05) is 6.42 Å². The van der Waals surface area contributed by atoms with E-state index in [2.05, 4.69) is 31.2 Å². The van der Waals surface area contributed by atoms with E-state index in [1.54, 1.807) is 0 Å². The van der Waals surface area contributed by atoms with Crippen LogP contribution in [0.4, 0.5) is 0 Å². The fourth-order valence-electron chi connectivity index (χ4n) is 4.03. The molecule has 0 aliphatic heterocycles. The lowest BCUT2D eigenvalue weighted by Crippen LogP contribution is -2.07. The molecule has 0 atom stereocenters. The van der Waals surface area contributed by atoms with Crippen molar-refractivity contribution in [3.05, 3.63) is 70.8 Å². The highest BCUT2D eigenvalue weighted by Crippen LogP contribution is 2.31. The third-order valence-electron chi connectivity index (χ3n) is 5.64. The number of allylic oxidation sites excluding steroid dienone is 1. The van der Waals surface area contributed by atoms with E-state index in [4.69, 9.17) is 9.84 Å². The standard InChI is InChI=1S/C26H32O3/c1-20-8-6-11-22(18-20)25-12-5-3-2-4-10-23(25)19-29-24-16-14-21(15-17-24)9-7-13-26(27)28/h6,8,11,14-18H,2-5,7,9-10,12-13,19H2,1H3,(H,27,28).